The van der Waals surface area contributed by atoms with Gasteiger partial charge in [-0.3, -0.25) is 0 Å². The van der Waals surface area contributed by atoms with Crippen LogP contribution in [0.25, 0.3) is 0 Å². The maximum atomic E-state index is 11.5. The summed E-state index contributed by atoms with van der Waals surface area (Å²) >= 11 is 0. The maximum Gasteiger partial charge on any atom is 0.344 e. The van der Waals surface area contributed by atoms with E-state index in [4.69, 9.17) is 14.2 Å². The molecule has 0 saturated heterocycles. The molecule has 5 nitrogen and oxygen atoms in total. The van der Waals surface area contributed by atoms with Crippen molar-refractivity contribution in [1.29, 1.82) is 0 Å². The number of carbonyl (C=O) groups is 1. The summed E-state index contributed by atoms with van der Waals surface area (Å²) in [5, 5.41) is 3.32. The van der Waals surface area contributed by atoms with Gasteiger partial charge in [-0.05, 0) is 44.5 Å². The van der Waals surface area contributed by atoms with E-state index in [1.807, 2.05) is 18.2 Å². The summed E-state index contributed by atoms with van der Waals surface area (Å²) in [6.45, 7) is 7.36. The number of benzene rings is 1. The molecule has 0 unspecified atom stereocenters. The van der Waals surface area contributed by atoms with E-state index in [9.17, 15) is 4.79 Å². The first-order valence-corrected chi connectivity index (χ1v) is 7.26. The summed E-state index contributed by atoms with van der Waals surface area (Å²) in [7, 11) is 1.58. The molecule has 1 N–H and O–H groups in total. The summed E-state index contributed by atoms with van der Waals surface area (Å²) in [4.78, 5) is 11.5. The molecule has 0 saturated carbocycles. The molecular weight excluding hydrogens is 270 g/mol. The zero-order chi connectivity index (χ0) is 15.7. The molecule has 0 amide bonds. The van der Waals surface area contributed by atoms with Gasteiger partial charge in [-0.15, -0.1) is 0 Å². The van der Waals surface area contributed by atoms with Gasteiger partial charge in [0.1, 0.15) is 0 Å². The molecule has 0 aromatic heterocycles. The van der Waals surface area contributed by atoms with Gasteiger partial charge >= 0.3 is 5.97 Å². The summed E-state index contributed by atoms with van der Waals surface area (Å²) in [6.07, 6.45) is 0.950. The Morgan fingerprint density at radius 1 is 1.29 bits per heavy atom. The third-order valence-corrected chi connectivity index (χ3v) is 2.70. The fraction of sp³-hybridized carbons (Fsp3) is 0.562. The first-order valence-electron chi connectivity index (χ1n) is 7.26. The van der Waals surface area contributed by atoms with Gasteiger partial charge in [-0.2, -0.15) is 0 Å². The molecule has 1 aromatic rings. The highest BCUT2D eigenvalue weighted by Crippen LogP contribution is 2.28. The zero-order valence-electron chi connectivity index (χ0n) is 13.3. The van der Waals surface area contributed by atoms with Gasteiger partial charge < -0.3 is 19.5 Å². The number of carbonyl (C=O) groups excluding carboxylic acids is 1. The summed E-state index contributed by atoms with van der Waals surface area (Å²) in [5.74, 6) is 0.765. The van der Waals surface area contributed by atoms with E-state index >= 15 is 0 Å². The predicted octanol–water partition coefficient (Wildman–Crippen LogP) is 2.53. The van der Waals surface area contributed by atoms with E-state index < -0.39 is 0 Å². The molecule has 0 fully saturated rings. The number of hydrogen-bond donors (Lipinski definition) is 1. The number of ether oxygens (including phenoxy) is 3. The van der Waals surface area contributed by atoms with Crippen LogP contribution in [0.15, 0.2) is 18.2 Å². The molecule has 1 aromatic carbocycles. The molecule has 118 valence electrons. The lowest BCUT2D eigenvalue weighted by Crippen LogP contribution is -2.19. The van der Waals surface area contributed by atoms with E-state index in [2.05, 4.69) is 12.2 Å². The molecular formula is C16H25NO4. The first-order chi connectivity index (χ1) is 10.1. The van der Waals surface area contributed by atoms with Gasteiger partial charge in [-0.1, -0.05) is 13.0 Å². The molecule has 0 heterocycles. The summed E-state index contributed by atoms with van der Waals surface area (Å²) < 4.78 is 15.8. The highest BCUT2D eigenvalue weighted by atomic mass is 16.6. The Kier molecular flexibility index (Phi) is 7.61. The Hall–Kier alpha value is -1.75. The summed E-state index contributed by atoms with van der Waals surface area (Å²) in [6, 6.07) is 5.67. The highest BCUT2D eigenvalue weighted by molar-refractivity contribution is 5.71. The number of methoxy groups -OCH3 is 1. The van der Waals surface area contributed by atoms with Crippen molar-refractivity contribution in [3.63, 3.8) is 0 Å². The standard InChI is InChI=1S/C16H25NO4/c1-5-8-17-10-13-6-7-14(15(9-13)19-4)20-11-16(18)21-12(2)3/h6-7,9,12,17H,5,8,10-11H2,1-4H3. The SMILES string of the molecule is CCCNCc1ccc(OCC(=O)OC(C)C)c(OC)c1. The average Bonchev–Trinajstić information content (AvgIpc) is 2.45. The van der Waals surface area contributed by atoms with Crippen molar-refractivity contribution < 1.29 is 19.0 Å². The van der Waals surface area contributed by atoms with Crippen molar-refractivity contribution in [1.82, 2.24) is 5.32 Å². The largest absolute Gasteiger partial charge is 0.493 e. The van der Waals surface area contributed by atoms with Crippen molar-refractivity contribution in [2.24, 2.45) is 0 Å². The molecule has 0 bridgehead atoms. The van der Waals surface area contributed by atoms with Crippen molar-refractivity contribution in [2.45, 2.75) is 39.8 Å². The molecule has 0 radical (unpaired) electrons. The molecule has 21 heavy (non-hydrogen) atoms. The van der Waals surface area contributed by atoms with Gasteiger partial charge in [0, 0.05) is 6.54 Å². The Bertz CT molecular complexity index is 446. The van der Waals surface area contributed by atoms with Crippen LogP contribution in [0.5, 0.6) is 11.5 Å². The third kappa shape index (κ3) is 6.49. The van der Waals surface area contributed by atoms with Crippen LogP contribution in [-0.2, 0) is 16.1 Å². The van der Waals surface area contributed by atoms with E-state index in [1.165, 1.54) is 0 Å². The number of hydrogen-bond acceptors (Lipinski definition) is 5. The maximum absolute atomic E-state index is 11.5. The normalized spacial score (nSPS) is 10.5. The molecule has 0 aliphatic heterocycles. The van der Waals surface area contributed by atoms with Gasteiger partial charge in [0.2, 0.25) is 0 Å². The second-order valence-corrected chi connectivity index (χ2v) is 4.99. The topological polar surface area (TPSA) is 56.8 Å². The van der Waals surface area contributed by atoms with Crippen LogP contribution in [-0.4, -0.2) is 32.3 Å². The van der Waals surface area contributed by atoms with Crippen molar-refractivity contribution in [2.75, 3.05) is 20.3 Å². The summed E-state index contributed by atoms with van der Waals surface area (Å²) in [5.41, 5.74) is 1.11. The lowest BCUT2D eigenvalue weighted by atomic mass is 10.2. The van der Waals surface area contributed by atoms with Gasteiger partial charge in [0.25, 0.3) is 0 Å². The van der Waals surface area contributed by atoms with Crippen molar-refractivity contribution >= 4 is 5.97 Å². The quantitative estimate of drug-likeness (QED) is 0.560. The Labute approximate surface area is 126 Å². The Morgan fingerprint density at radius 3 is 2.67 bits per heavy atom. The number of rotatable bonds is 9. The fourth-order valence-corrected chi connectivity index (χ4v) is 1.78. The molecule has 0 spiro atoms. The van der Waals surface area contributed by atoms with E-state index in [0.717, 1.165) is 25.1 Å². The smallest absolute Gasteiger partial charge is 0.344 e. The van der Waals surface area contributed by atoms with Crippen LogP contribution in [0.4, 0.5) is 0 Å². The third-order valence-electron chi connectivity index (χ3n) is 2.70. The molecule has 5 heteroatoms. The monoisotopic (exact) mass is 295 g/mol. The van der Waals surface area contributed by atoms with Gasteiger partial charge in [0.05, 0.1) is 13.2 Å². The van der Waals surface area contributed by atoms with Crippen LogP contribution >= 0.6 is 0 Å². The second kappa shape index (κ2) is 9.23. The van der Waals surface area contributed by atoms with E-state index in [1.54, 1.807) is 21.0 Å². The minimum atomic E-state index is -0.388. The molecule has 0 atom stereocenters. The minimum Gasteiger partial charge on any atom is -0.493 e. The Balaban J connectivity index is 2.59. The highest BCUT2D eigenvalue weighted by Gasteiger charge is 2.10. The van der Waals surface area contributed by atoms with Gasteiger partial charge in [0.15, 0.2) is 18.1 Å². The van der Waals surface area contributed by atoms with Crippen LogP contribution in [0, 0.1) is 0 Å². The van der Waals surface area contributed by atoms with Crippen LogP contribution in [0.1, 0.15) is 32.8 Å². The minimum absolute atomic E-state index is 0.123. The van der Waals surface area contributed by atoms with E-state index in [0.29, 0.717) is 11.5 Å². The number of esters is 1. The van der Waals surface area contributed by atoms with Gasteiger partial charge in [-0.25, -0.2) is 4.79 Å². The molecule has 1 rings (SSSR count). The van der Waals surface area contributed by atoms with Crippen LogP contribution in [0.2, 0.25) is 0 Å². The van der Waals surface area contributed by atoms with Crippen molar-refractivity contribution in [3.8, 4) is 11.5 Å². The predicted molar refractivity (Wildman–Crippen MR) is 81.7 cm³/mol. The Morgan fingerprint density at radius 2 is 2.05 bits per heavy atom. The van der Waals surface area contributed by atoms with Crippen LogP contribution in [0.3, 0.4) is 0 Å². The fourth-order valence-electron chi connectivity index (χ4n) is 1.78. The molecule has 0 aliphatic carbocycles. The average molecular weight is 295 g/mol. The first kappa shape index (κ1) is 17.3. The zero-order valence-corrected chi connectivity index (χ0v) is 13.3. The van der Waals surface area contributed by atoms with Crippen molar-refractivity contribution in [3.05, 3.63) is 23.8 Å². The lowest BCUT2D eigenvalue weighted by Gasteiger charge is -2.13. The second-order valence-electron chi connectivity index (χ2n) is 4.99. The van der Waals surface area contributed by atoms with Crippen LogP contribution < -0.4 is 14.8 Å². The van der Waals surface area contributed by atoms with E-state index in [-0.39, 0.29) is 18.7 Å². The lowest BCUT2D eigenvalue weighted by molar-refractivity contribution is -0.149. The molecule has 0 aliphatic rings. The number of nitrogens with one attached hydrogen (secondary N) is 1.